The maximum Gasteiger partial charge on any atom is 0.123 e. The van der Waals surface area contributed by atoms with E-state index in [9.17, 15) is 4.39 Å². The van der Waals surface area contributed by atoms with Crippen molar-refractivity contribution in [3.63, 3.8) is 0 Å². The van der Waals surface area contributed by atoms with Crippen molar-refractivity contribution in [2.45, 2.75) is 91.5 Å². The molecule has 1 unspecified atom stereocenters. The number of benzene rings is 1. The van der Waals surface area contributed by atoms with Crippen molar-refractivity contribution >= 4 is 5.57 Å². The van der Waals surface area contributed by atoms with Crippen LogP contribution in [0.25, 0.3) is 5.57 Å². The number of halogens is 1. The Balaban J connectivity index is 1.91. The average molecular weight is 372 g/mol. The van der Waals surface area contributed by atoms with E-state index in [1.807, 2.05) is 12.1 Å². The standard InChI is InChI=1S/C25H38FN/c1-6-7-8-21-13-18(11-12-27-21)22-10-9-20(26)14-23(22)19-15-24(2,3)17-25(4,5)16-19/h9-11,14,19,21,27H,6-8,12-13,15-17H2,1-5H3. The van der Waals surface area contributed by atoms with Crippen molar-refractivity contribution in [2.75, 3.05) is 6.54 Å². The predicted molar refractivity (Wildman–Crippen MR) is 114 cm³/mol. The lowest BCUT2D eigenvalue weighted by atomic mass is 9.59. The lowest BCUT2D eigenvalue weighted by Gasteiger charge is -2.45. The molecule has 0 spiro atoms. The van der Waals surface area contributed by atoms with E-state index in [0.29, 0.717) is 22.8 Å². The van der Waals surface area contributed by atoms with Crippen LogP contribution in [-0.4, -0.2) is 12.6 Å². The fraction of sp³-hybridized carbons (Fsp3) is 0.680. The van der Waals surface area contributed by atoms with Gasteiger partial charge in [0.15, 0.2) is 0 Å². The molecule has 0 amide bonds. The largest absolute Gasteiger partial charge is 0.310 e. The lowest BCUT2D eigenvalue weighted by Crippen LogP contribution is -2.34. The summed E-state index contributed by atoms with van der Waals surface area (Å²) >= 11 is 0. The molecule has 0 saturated heterocycles. The number of unbranched alkanes of at least 4 members (excludes halogenated alkanes) is 1. The van der Waals surface area contributed by atoms with Crippen LogP contribution in [0.3, 0.4) is 0 Å². The lowest BCUT2D eigenvalue weighted by molar-refractivity contribution is 0.0967. The van der Waals surface area contributed by atoms with Gasteiger partial charge in [-0.15, -0.1) is 0 Å². The minimum atomic E-state index is -0.0907. The summed E-state index contributed by atoms with van der Waals surface area (Å²) < 4.78 is 14.3. The second-order valence-electron chi connectivity index (χ2n) is 10.5. The zero-order valence-electron chi connectivity index (χ0n) is 18.0. The van der Waals surface area contributed by atoms with Crippen LogP contribution >= 0.6 is 0 Å². The second kappa shape index (κ2) is 8.07. The quantitative estimate of drug-likeness (QED) is 0.583. The van der Waals surface area contributed by atoms with Gasteiger partial charge >= 0.3 is 0 Å². The predicted octanol–water partition coefficient (Wildman–Crippen LogP) is 7.08. The highest BCUT2D eigenvalue weighted by Crippen LogP contribution is 2.52. The van der Waals surface area contributed by atoms with Gasteiger partial charge in [-0.25, -0.2) is 4.39 Å². The Kier molecular flexibility index (Phi) is 6.15. The number of rotatable bonds is 5. The molecule has 1 atom stereocenters. The van der Waals surface area contributed by atoms with Crippen molar-refractivity contribution in [2.24, 2.45) is 10.8 Å². The zero-order valence-corrected chi connectivity index (χ0v) is 18.0. The summed E-state index contributed by atoms with van der Waals surface area (Å²) in [7, 11) is 0. The molecule has 27 heavy (non-hydrogen) atoms. The SMILES string of the molecule is CCCCC1CC(c2ccc(F)cc2C2CC(C)(C)CC(C)(C)C2)=CCN1. The molecule has 1 aliphatic heterocycles. The van der Waals surface area contributed by atoms with Crippen LogP contribution in [0.2, 0.25) is 0 Å². The van der Waals surface area contributed by atoms with E-state index in [-0.39, 0.29) is 5.82 Å². The molecule has 0 aromatic heterocycles. The van der Waals surface area contributed by atoms with Gasteiger partial charge in [0.2, 0.25) is 0 Å². The summed E-state index contributed by atoms with van der Waals surface area (Å²) in [4.78, 5) is 0. The molecule has 2 heteroatoms. The van der Waals surface area contributed by atoms with Crippen molar-refractivity contribution < 1.29 is 4.39 Å². The van der Waals surface area contributed by atoms with Gasteiger partial charge in [0.1, 0.15) is 5.82 Å². The molecule has 1 aromatic rings. The summed E-state index contributed by atoms with van der Waals surface area (Å²) in [6.07, 6.45) is 10.7. The van der Waals surface area contributed by atoms with Gasteiger partial charge in [0.05, 0.1) is 0 Å². The van der Waals surface area contributed by atoms with Gasteiger partial charge in [-0.05, 0) is 77.7 Å². The first-order chi connectivity index (χ1) is 12.7. The molecule has 1 nitrogen and oxygen atoms in total. The van der Waals surface area contributed by atoms with Crippen LogP contribution in [0.1, 0.15) is 96.6 Å². The molecule has 1 fully saturated rings. The van der Waals surface area contributed by atoms with Crippen LogP contribution in [0.5, 0.6) is 0 Å². The first-order valence-electron chi connectivity index (χ1n) is 10.9. The molecule has 3 rings (SSSR count). The molecule has 1 saturated carbocycles. The maximum absolute atomic E-state index is 14.3. The summed E-state index contributed by atoms with van der Waals surface area (Å²) in [6, 6.07) is 6.10. The van der Waals surface area contributed by atoms with E-state index < -0.39 is 0 Å². The molecular weight excluding hydrogens is 333 g/mol. The van der Waals surface area contributed by atoms with Gasteiger partial charge in [0, 0.05) is 12.6 Å². The second-order valence-corrected chi connectivity index (χ2v) is 10.5. The van der Waals surface area contributed by atoms with E-state index >= 15 is 0 Å². The Labute approximate surface area is 165 Å². The number of hydrogen-bond donors (Lipinski definition) is 1. The Hall–Kier alpha value is -1.15. The first kappa shape index (κ1) is 20.6. The van der Waals surface area contributed by atoms with Crippen LogP contribution in [-0.2, 0) is 0 Å². The molecule has 0 radical (unpaired) electrons. The Morgan fingerprint density at radius 3 is 2.48 bits per heavy atom. The highest BCUT2D eigenvalue weighted by molar-refractivity contribution is 5.70. The molecule has 150 valence electrons. The smallest absolute Gasteiger partial charge is 0.123 e. The van der Waals surface area contributed by atoms with E-state index in [0.717, 1.165) is 25.8 Å². The summed E-state index contributed by atoms with van der Waals surface area (Å²) in [5.74, 6) is 0.353. The molecular formula is C25H38FN. The topological polar surface area (TPSA) is 12.0 Å². The van der Waals surface area contributed by atoms with Gasteiger partial charge in [-0.1, -0.05) is 59.6 Å². The van der Waals surface area contributed by atoms with Crippen LogP contribution in [0.4, 0.5) is 4.39 Å². The van der Waals surface area contributed by atoms with Gasteiger partial charge in [-0.2, -0.15) is 0 Å². The number of nitrogens with one attached hydrogen (secondary N) is 1. The van der Waals surface area contributed by atoms with E-state index in [4.69, 9.17) is 0 Å². The zero-order chi connectivity index (χ0) is 19.7. The van der Waals surface area contributed by atoms with Crippen LogP contribution in [0.15, 0.2) is 24.3 Å². The highest BCUT2D eigenvalue weighted by atomic mass is 19.1. The molecule has 1 aliphatic carbocycles. The first-order valence-corrected chi connectivity index (χ1v) is 10.9. The molecule has 1 heterocycles. The van der Waals surface area contributed by atoms with Gasteiger partial charge < -0.3 is 5.32 Å². The third kappa shape index (κ3) is 5.22. The van der Waals surface area contributed by atoms with Crippen molar-refractivity contribution in [3.8, 4) is 0 Å². The normalized spacial score (nSPS) is 25.3. The molecule has 1 N–H and O–H groups in total. The van der Waals surface area contributed by atoms with Crippen molar-refractivity contribution in [1.82, 2.24) is 5.32 Å². The van der Waals surface area contributed by atoms with E-state index in [2.05, 4.69) is 46.0 Å². The minimum absolute atomic E-state index is 0.0907. The summed E-state index contributed by atoms with van der Waals surface area (Å²) in [5.41, 5.74) is 4.59. The monoisotopic (exact) mass is 371 g/mol. The van der Waals surface area contributed by atoms with E-state index in [1.165, 1.54) is 42.4 Å². The van der Waals surface area contributed by atoms with Crippen molar-refractivity contribution in [1.29, 1.82) is 0 Å². The Morgan fingerprint density at radius 2 is 1.81 bits per heavy atom. The third-order valence-corrected chi connectivity index (χ3v) is 6.48. The fourth-order valence-corrected chi connectivity index (χ4v) is 5.87. The van der Waals surface area contributed by atoms with Crippen molar-refractivity contribution in [3.05, 3.63) is 41.2 Å². The van der Waals surface area contributed by atoms with Crippen LogP contribution in [0, 0.1) is 16.6 Å². The Bertz CT molecular complexity index is 670. The van der Waals surface area contributed by atoms with Gasteiger partial charge in [0.25, 0.3) is 0 Å². The maximum atomic E-state index is 14.3. The summed E-state index contributed by atoms with van der Waals surface area (Å²) in [5, 5.41) is 3.64. The molecule has 2 aliphatic rings. The van der Waals surface area contributed by atoms with E-state index in [1.54, 1.807) is 6.07 Å². The van der Waals surface area contributed by atoms with Crippen LogP contribution < -0.4 is 5.32 Å². The molecule has 0 bridgehead atoms. The van der Waals surface area contributed by atoms with Gasteiger partial charge in [-0.3, -0.25) is 0 Å². The molecule has 1 aromatic carbocycles. The Morgan fingerprint density at radius 1 is 1.11 bits per heavy atom. The highest BCUT2D eigenvalue weighted by Gasteiger charge is 2.39. The number of hydrogen-bond acceptors (Lipinski definition) is 1. The fourth-order valence-electron chi connectivity index (χ4n) is 5.87. The minimum Gasteiger partial charge on any atom is -0.310 e. The summed E-state index contributed by atoms with van der Waals surface area (Å²) in [6.45, 7) is 12.7. The third-order valence-electron chi connectivity index (χ3n) is 6.48. The average Bonchev–Trinajstić information content (AvgIpc) is 2.57.